The Morgan fingerprint density at radius 2 is 2.03 bits per heavy atom. The maximum atomic E-state index is 14.4. The van der Waals surface area contributed by atoms with Crippen LogP contribution in [0.2, 0.25) is 0 Å². The highest BCUT2D eigenvalue weighted by atomic mass is 19.1. The maximum absolute atomic E-state index is 14.4. The van der Waals surface area contributed by atoms with Crippen molar-refractivity contribution in [2.45, 2.75) is 13.0 Å². The number of hydrogen-bond acceptors (Lipinski definition) is 5. The highest BCUT2D eigenvalue weighted by Gasteiger charge is 2.14. The van der Waals surface area contributed by atoms with Gasteiger partial charge in [-0.2, -0.15) is 0 Å². The Kier molecular flexibility index (Phi) is 4.95. The SMILES string of the molecule is COc1ccc(CCn2c(-c3cccnc3)nc3cc(N)ccc3c2=O)c(F)c1. The van der Waals surface area contributed by atoms with Crippen molar-refractivity contribution in [2.75, 3.05) is 12.8 Å². The minimum atomic E-state index is -0.373. The number of aryl methyl sites for hydroxylation is 1. The number of anilines is 1. The van der Waals surface area contributed by atoms with Crippen LogP contribution >= 0.6 is 0 Å². The Balaban J connectivity index is 1.81. The first-order valence-electron chi connectivity index (χ1n) is 9.09. The van der Waals surface area contributed by atoms with Crippen molar-refractivity contribution in [1.82, 2.24) is 14.5 Å². The van der Waals surface area contributed by atoms with E-state index in [1.165, 1.54) is 13.2 Å². The Bertz CT molecular complexity index is 1240. The number of ether oxygens (including phenoxy) is 1. The molecule has 0 aliphatic carbocycles. The number of halogens is 1. The summed E-state index contributed by atoms with van der Waals surface area (Å²) in [6.07, 6.45) is 3.62. The van der Waals surface area contributed by atoms with Crippen molar-refractivity contribution in [2.24, 2.45) is 0 Å². The molecule has 2 aromatic heterocycles. The van der Waals surface area contributed by atoms with Crippen LogP contribution in [0.15, 0.2) is 65.7 Å². The number of pyridine rings is 1. The molecule has 0 radical (unpaired) electrons. The second kappa shape index (κ2) is 7.71. The molecule has 2 aromatic carbocycles. The molecule has 29 heavy (non-hydrogen) atoms. The van der Waals surface area contributed by atoms with Crippen LogP contribution in [-0.4, -0.2) is 21.6 Å². The van der Waals surface area contributed by atoms with Crippen LogP contribution in [0.5, 0.6) is 5.75 Å². The Hall–Kier alpha value is -3.74. The predicted molar refractivity (Wildman–Crippen MR) is 110 cm³/mol. The monoisotopic (exact) mass is 390 g/mol. The molecule has 0 unspecified atom stereocenters. The third kappa shape index (κ3) is 3.67. The van der Waals surface area contributed by atoms with Crippen LogP contribution in [-0.2, 0) is 13.0 Å². The first-order chi connectivity index (χ1) is 14.1. The van der Waals surface area contributed by atoms with E-state index < -0.39 is 0 Å². The fourth-order valence-corrected chi connectivity index (χ4v) is 3.25. The molecule has 7 heteroatoms. The van der Waals surface area contributed by atoms with Gasteiger partial charge < -0.3 is 10.5 Å². The Labute approximate surface area is 166 Å². The molecule has 2 N–H and O–H groups in total. The summed E-state index contributed by atoms with van der Waals surface area (Å²) in [4.78, 5) is 22.0. The first kappa shape index (κ1) is 18.6. The van der Waals surface area contributed by atoms with E-state index in [9.17, 15) is 9.18 Å². The summed E-state index contributed by atoms with van der Waals surface area (Å²) in [6.45, 7) is 0.264. The summed E-state index contributed by atoms with van der Waals surface area (Å²) < 4.78 is 21.0. The lowest BCUT2D eigenvalue weighted by Gasteiger charge is -2.14. The molecule has 146 valence electrons. The van der Waals surface area contributed by atoms with E-state index in [1.807, 2.05) is 6.07 Å². The molecular weight excluding hydrogens is 371 g/mol. The number of fused-ring (bicyclic) bond motifs is 1. The molecular formula is C22H19FN4O2. The average Bonchev–Trinajstić information content (AvgIpc) is 2.74. The normalized spacial score (nSPS) is 11.0. The number of methoxy groups -OCH3 is 1. The molecule has 6 nitrogen and oxygen atoms in total. The van der Waals surface area contributed by atoms with Gasteiger partial charge in [0.1, 0.15) is 17.4 Å². The summed E-state index contributed by atoms with van der Waals surface area (Å²) in [5.74, 6) is 0.543. The van der Waals surface area contributed by atoms with Gasteiger partial charge in [-0.3, -0.25) is 14.3 Å². The largest absolute Gasteiger partial charge is 0.497 e. The van der Waals surface area contributed by atoms with Crippen LogP contribution in [0.1, 0.15) is 5.56 Å². The second-order valence-electron chi connectivity index (χ2n) is 6.62. The van der Waals surface area contributed by atoms with E-state index in [4.69, 9.17) is 10.5 Å². The van der Waals surface area contributed by atoms with Gasteiger partial charge in [0.25, 0.3) is 5.56 Å². The number of hydrogen-bond donors (Lipinski definition) is 1. The lowest BCUT2D eigenvalue weighted by atomic mass is 10.1. The number of aromatic nitrogens is 3. The summed E-state index contributed by atoms with van der Waals surface area (Å²) >= 11 is 0. The van der Waals surface area contributed by atoms with Crippen LogP contribution in [0.3, 0.4) is 0 Å². The van der Waals surface area contributed by atoms with Crippen molar-refractivity contribution in [3.8, 4) is 17.1 Å². The first-order valence-corrected chi connectivity index (χ1v) is 9.09. The Morgan fingerprint density at radius 1 is 1.17 bits per heavy atom. The van der Waals surface area contributed by atoms with Crippen LogP contribution in [0.4, 0.5) is 10.1 Å². The number of rotatable bonds is 5. The fraction of sp³-hybridized carbons (Fsp3) is 0.136. The molecule has 0 spiro atoms. The molecule has 0 aliphatic rings. The molecule has 4 aromatic rings. The zero-order chi connectivity index (χ0) is 20.4. The predicted octanol–water partition coefficient (Wildman–Crippen LogP) is 3.43. The minimum Gasteiger partial charge on any atom is -0.497 e. The molecule has 2 heterocycles. The molecule has 0 fully saturated rings. The van der Waals surface area contributed by atoms with Crippen LogP contribution in [0.25, 0.3) is 22.3 Å². The highest BCUT2D eigenvalue weighted by Crippen LogP contribution is 2.21. The zero-order valence-electron chi connectivity index (χ0n) is 15.8. The third-order valence-electron chi connectivity index (χ3n) is 4.76. The summed E-state index contributed by atoms with van der Waals surface area (Å²) in [7, 11) is 1.49. The van der Waals surface area contributed by atoms with Crippen LogP contribution < -0.4 is 16.0 Å². The Morgan fingerprint density at radius 3 is 2.76 bits per heavy atom. The number of nitrogen functional groups attached to an aromatic ring is 1. The van der Waals surface area contributed by atoms with Gasteiger partial charge >= 0.3 is 0 Å². The van der Waals surface area contributed by atoms with Crippen molar-refractivity contribution in [3.63, 3.8) is 0 Å². The number of nitrogens with zero attached hydrogens (tertiary/aromatic N) is 3. The zero-order valence-corrected chi connectivity index (χ0v) is 15.8. The lowest BCUT2D eigenvalue weighted by Crippen LogP contribution is -2.24. The van der Waals surface area contributed by atoms with Gasteiger partial charge in [-0.1, -0.05) is 6.07 Å². The van der Waals surface area contributed by atoms with Gasteiger partial charge in [0.15, 0.2) is 0 Å². The van der Waals surface area contributed by atoms with E-state index in [2.05, 4.69) is 9.97 Å². The van der Waals surface area contributed by atoms with E-state index in [0.29, 0.717) is 45.7 Å². The lowest BCUT2D eigenvalue weighted by molar-refractivity contribution is 0.410. The summed E-state index contributed by atoms with van der Waals surface area (Å²) in [5.41, 5.74) is 7.89. The van der Waals surface area contributed by atoms with E-state index in [0.717, 1.165) is 0 Å². The smallest absolute Gasteiger partial charge is 0.261 e. The highest BCUT2D eigenvalue weighted by molar-refractivity contribution is 5.82. The molecule has 0 aliphatic heterocycles. The minimum absolute atomic E-state index is 0.206. The average molecular weight is 390 g/mol. The van der Waals surface area contributed by atoms with E-state index in [-0.39, 0.29) is 17.9 Å². The molecule has 0 bridgehead atoms. The number of benzene rings is 2. The quantitative estimate of drug-likeness (QED) is 0.528. The fourth-order valence-electron chi connectivity index (χ4n) is 3.25. The standard InChI is InChI=1S/C22H19FN4O2/c1-29-17-6-4-14(19(23)12-17)8-10-27-21(15-3-2-9-25-13-15)26-20-11-16(24)5-7-18(20)22(27)28/h2-7,9,11-13H,8,10,24H2,1H3. The maximum Gasteiger partial charge on any atom is 0.261 e. The van der Waals surface area contributed by atoms with Crippen molar-refractivity contribution in [3.05, 3.63) is 82.7 Å². The van der Waals surface area contributed by atoms with Crippen molar-refractivity contribution in [1.29, 1.82) is 0 Å². The molecule has 0 saturated heterocycles. The van der Waals surface area contributed by atoms with E-state index in [1.54, 1.807) is 53.4 Å². The topological polar surface area (TPSA) is 83.0 Å². The van der Waals surface area contributed by atoms with Crippen molar-refractivity contribution < 1.29 is 9.13 Å². The number of nitrogens with two attached hydrogens (primary N) is 1. The van der Waals surface area contributed by atoms with Crippen LogP contribution in [0, 0.1) is 5.82 Å². The second-order valence-corrected chi connectivity index (χ2v) is 6.62. The van der Waals surface area contributed by atoms with Gasteiger partial charge in [0.05, 0.1) is 18.0 Å². The van der Waals surface area contributed by atoms with Crippen molar-refractivity contribution >= 4 is 16.6 Å². The van der Waals surface area contributed by atoms with Gasteiger partial charge in [0, 0.05) is 36.3 Å². The van der Waals surface area contributed by atoms with Gasteiger partial charge in [0.2, 0.25) is 0 Å². The van der Waals surface area contributed by atoms with E-state index >= 15 is 0 Å². The molecule has 0 atom stereocenters. The summed E-state index contributed by atoms with van der Waals surface area (Å²) in [5, 5.41) is 0.460. The molecule has 4 rings (SSSR count). The molecule has 0 amide bonds. The van der Waals surface area contributed by atoms with Gasteiger partial charge in [-0.05, 0) is 48.4 Å². The summed E-state index contributed by atoms with van der Waals surface area (Å²) in [6, 6.07) is 13.3. The molecule has 0 saturated carbocycles. The third-order valence-corrected chi connectivity index (χ3v) is 4.76. The van der Waals surface area contributed by atoms with Gasteiger partial charge in [-0.15, -0.1) is 0 Å². The van der Waals surface area contributed by atoms with Gasteiger partial charge in [-0.25, -0.2) is 9.37 Å².